The number of hydrogen-bond donors (Lipinski definition) is 3. The van der Waals surface area contributed by atoms with Gasteiger partial charge in [0.2, 0.25) is 5.95 Å². The number of carbonyl (C=O) groups is 2. The average molecular weight is 351 g/mol. The summed E-state index contributed by atoms with van der Waals surface area (Å²) in [6.07, 6.45) is 3.22. The summed E-state index contributed by atoms with van der Waals surface area (Å²) in [5, 5.41) is 14.7. The number of hydrogen-bond acceptors (Lipinski definition) is 6. The molecule has 8 heteroatoms. The molecule has 3 rings (SSSR count). The second kappa shape index (κ2) is 7.14. The van der Waals surface area contributed by atoms with E-state index in [1.165, 1.54) is 0 Å². The smallest absolute Gasteiger partial charge is 0.322 e. The quantitative estimate of drug-likeness (QED) is 0.642. The SMILES string of the molecule is CNC(=O)c1cc2cc(-c3cnc(NCC(=O)O)nc3)ccc2nc1C. The van der Waals surface area contributed by atoms with Gasteiger partial charge in [0.25, 0.3) is 5.91 Å². The molecular formula is C18H17N5O3. The second-order valence-corrected chi connectivity index (χ2v) is 5.65. The van der Waals surface area contributed by atoms with Gasteiger partial charge < -0.3 is 15.7 Å². The molecule has 0 saturated carbocycles. The molecule has 0 radical (unpaired) electrons. The first-order chi connectivity index (χ1) is 12.5. The van der Waals surface area contributed by atoms with Crippen molar-refractivity contribution in [3.8, 4) is 11.1 Å². The zero-order valence-electron chi connectivity index (χ0n) is 14.3. The molecule has 132 valence electrons. The summed E-state index contributed by atoms with van der Waals surface area (Å²) in [6, 6.07) is 7.50. The number of aromatic nitrogens is 3. The molecule has 0 atom stereocenters. The van der Waals surface area contributed by atoms with E-state index in [2.05, 4.69) is 25.6 Å². The Hall–Kier alpha value is -3.55. The van der Waals surface area contributed by atoms with Crippen molar-refractivity contribution in [3.63, 3.8) is 0 Å². The Morgan fingerprint density at radius 3 is 2.50 bits per heavy atom. The summed E-state index contributed by atoms with van der Waals surface area (Å²) < 4.78 is 0. The fourth-order valence-corrected chi connectivity index (χ4v) is 2.54. The molecule has 0 spiro atoms. The van der Waals surface area contributed by atoms with E-state index in [1.807, 2.05) is 24.3 Å². The van der Waals surface area contributed by atoms with Crippen molar-refractivity contribution < 1.29 is 14.7 Å². The highest BCUT2D eigenvalue weighted by Crippen LogP contribution is 2.24. The number of anilines is 1. The minimum Gasteiger partial charge on any atom is -0.480 e. The van der Waals surface area contributed by atoms with E-state index in [9.17, 15) is 9.59 Å². The third kappa shape index (κ3) is 3.59. The van der Waals surface area contributed by atoms with Crippen molar-refractivity contribution >= 4 is 28.7 Å². The second-order valence-electron chi connectivity index (χ2n) is 5.65. The third-order valence-corrected chi connectivity index (χ3v) is 3.86. The van der Waals surface area contributed by atoms with Gasteiger partial charge in [-0.15, -0.1) is 0 Å². The molecule has 0 saturated heterocycles. The first kappa shape index (κ1) is 17.3. The van der Waals surface area contributed by atoms with Crippen molar-refractivity contribution in [2.75, 3.05) is 18.9 Å². The van der Waals surface area contributed by atoms with Gasteiger partial charge in [0.15, 0.2) is 0 Å². The minimum absolute atomic E-state index is 0.181. The van der Waals surface area contributed by atoms with Crippen molar-refractivity contribution in [3.05, 3.63) is 47.9 Å². The Bertz CT molecular complexity index is 986. The van der Waals surface area contributed by atoms with E-state index >= 15 is 0 Å². The van der Waals surface area contributed by atoms with Crippen LogP contribution in [-0.2, 0) is 4.79 Å². The highest BCUT2D eigenvalue weighted by molar-refractivity contribution is 5.99. The fraction of sp³-hybridized carbons (Fsp3) is 0.167. The molecule has 0 unspecified atom stereocenters. The van der Waals surface area contributed by atoms with Gasteiger partial charge in [-0.25, -0.2) is 9.97 Å². The molecular weight excluding hydrogens is 334 g/mol. The van der Waals surface area contributed by atoms with Crippen LogP contribution in [0.25, 0.3) is 22.0 Å². The molecule has 0 fully saturated rings. The number of aliphatic carboxylic acids is 1. The summed E-state index contributed by atoms with van der Waals surface area (Å²) in [5.74, 6) is -0.919. The van der Waals surface area contributed by atoms with Crippen molar-refractivity contribution in [1.82, 2.24) is 20.3 Å². The van der Waals surface area contributed by atoms with Crippen LogP contribution in [0, 0.1) is 6.92 Å². The third-order valence-electron chi connectivity index (χ3n) is 3.86. The van der Waals surface area contributed by atoms with Crippen LogP contribution in [0.1, 0.15) is 16.1 Å². The maximum absolute atomic E-state index is 12.0. The molecule has 2 aromatic heterocycles. The van der Waals surface area contributed by atoms with Gasteiger partial charge in [0, 0.05) is 30.4 Å². The highest BCUT2D eigenvalue weighted by atomic mass is 16.4. The zero-order valence-corrected chi connectivity index (χ0v) is 14.3. The van der Waals surface area contributed by atoms with Gasteiger partial charge in [-0.1, -0.05) is 6.07 Å². The first-order valence-electron chi connectivity index (χ1n) is 7.89. The number of carbonyl (C=O) groups excluding carboxylic acids is 1. The number of rotatable bonds is 5. The maximum Gasteiger partial charge on any atom is 0.322 e. The number of pyridine rings is 1. The van der Waals surface area contributed by atoms with Crippen LogP contribution in [0.15, 0.2) is 36.7 Å². The monoisotopic (exact) mass is 351 g/mol. The Balaban J connectivity index is 1.94. The summed E-state index contributed by atoms with van der Waals surface area (Å²) in [4.78, 5) is 35.2. The number of nitrogens with zero attached hydrogens (tertiary/aromatic N) is 3. The Morgan fingerprint density at radius 2 is 1.85 bits per heavy atom. The topological polar surface area (TPSA) is 117 Å². The summed E-state index contributed by atoms with van der Waals surface area (Å²) in [5.41, 5.74) is 3.63. The summed E-state index contributed by atoms with van der Waals surface area (Å²) in [6.45, 7) is 1.55. The normalized spacial score (nSPS) is 10.5. The number of fused-ring (bicyclic) bond motifs is 1. The molecule has 8 nitrogen and oxygen atoms in total. The van der Waals surface area contributed by atoms with E-state index in [4.69, 9.17) is 5.11 Å². The summed E-state index contributed by atoms with van der Waals surface area (Å²) >= 11 is 0. The Kier molecular flexibility index (Phi) is 4.74. The molecule has 3 N–H and O–H groups in total. The van der Waals surface area contributed by atoms with Gasteiger partial charge in [-0.3, -0.25) is 14.6 Å². The Morgan fingerprint density at radius 1 is 1.12 bits per heavy atom. The molecule has 1 aromatic carbocycles. The number of nitrogens with one attached hydrogen (secondary N) is 2. The average Bonchev–Trinajstić information content (AvgIpc) is 2.65. The number of amides is 1. The van der Waals surface area contributed by atoms with Gasteiger partial charge in [-0.2, -0.15) is 0 Å². The molecule has 1 amide bonds. The summed E-state index contributed by atoms with van der Waals surface area (Å²) in [7, 11) is 1.58. The molecule has 0 bridgehead atoms. The minimum atomic E-state index is -0.984. The molecule has 0 aliphatic heterocycles. The highest BCUT2D eigenvalue weighted by Gasteiger charge is 2.11. The van der Waals surface area contributed by atoms with Gasteiger partial charge in [-0.05, 0) is 30.7 Å². The molecule has 0 aliphatic rings. The zero-order chi connectivity index (χ0) is 18.7. The largest absolute Gasteiger partial charge is 0.480 e. The van der Waals surface area contributed by atoms with E-state index in [-0.39, 0.29) is 18.4 Å². The van der Waals surface area contributed by atoms with Crippen LogP contribution < -0.4 is 10.6 Å². The van der Waals surface area contributed by atoms with Crippen LogP contribution in [0.5, 0.6) is 0 Å². The predicted molar refractivity (Wildman–Crippen MR) is 97.0 cm³/mol. The maximum atomic E-state index is 12.0. The van der Waals surface area contributed by atoms with E-state index in [0.717, 1.165) is 22.0 Å². The predicted octanol–water partition coefficient (Wildman–Crippen LogP) is 1.86. The van der Waals surface area contributed by atoms with Crippen molar-refractivity contribution in [2.45, 2.75) is 6.92 Å². The lowest BCUT2D eigenvalue weighted by atomic mass is 10.0. The van der Waals surface area contributed by atoms with E-state index in [0.29, 0.717) is 11.3 Å². The van der Waals surface area contributed by atoms with Gasteiger partial charge in [0.05, 0.1) is 16.8 Å². The lowest BCUT2D eigenvalue weighted by Crippen LogP contribution is -2.19. The molecule has 26 heavy (non-hydrogen) atoms. The first-order valence-corrected chi connectivity index (χ1v) is 7.89. The molecule has 0 aliphatic carbocycles. The lowest BCUT2D eigenvalue weighted by molar-refractivity contribution is -0.134. The number of benzene rings is 1. The molecule has 2 heterocycles. The van der Waals surface area contributed by atoms with Crippen LogP contribution in [-0.4, -0.2) is 45.5 Å². The lowest BCUT2D eigenvalue weighted by Gasteiger charge is -2.08. The van der Waals surface area contributed by atoms with E-state index in [1.54, 1.807) is 26.4 Å². The Labute approximate surface area is 149 Å². The standard InChI is InChI=1S/C18H17N5O3/c1-10-14(17(26)19-2)6-12-5-11(3-4-15(12)23-10)13-7-20-18(21-8-13)22-9-16(24)25/h3-8H,9H2,1-2H3,(H,19,26)(H,24,25)(H,20,21,22). The van der Waals surface area contributed by atoms with Crippen molar-refractivity contribution in [1.29, 1.82) is 0 Å². The number of carboxylic acids is 1. The number of carboxylic acid groups (broad SMARTS) is 1. The van der Waals surface area contributed by atoms with E-state index < -0.39 is 5.97 Å². The van der Waals surface area contributed by atoms with Gasteiger partial charge in [0.1, 0.15) is 6.54 Å². The van der Waals surface area contributed by atoms with Gasteiger partial charge >= 0.3 is 5.97 Å². The van der Waals surface area contributed by atoms with Crippen LogP contribution in [0.4, 0.5) is 5.95 Å². The fourth-order valence-electron chi connectivity index (χ4n) is 2.54. The van der Waals surface area contributed by atoms with Crippen LogP contribution in [0.2, 0.25) is 0 Å². The molecule has 3 aromatic rings. The van der Waals surface area contributed by atoms with Crippen LogP contribution in [0.3, 0.4) is 0 Å². The van der Waals surface area contributed by atoms with Crippen molar-refractivity contribution in [2.24, 2.45) is 0 Å². The number of aryl methyl sites for hydroxylation is 1. The van der Waals surface area contributed by atoms with Crippen LogP contribution >= 0.6 is 0 Å².